The van der Waals surface area contributed by atoms with Crippen LogP contribution < -0.4 is 11.3 Å². The molecule has 18 heavy (non-hydrogen) atoms. The van der Waals surface area contributed by atoms with Crippen LogP contribution in [-0.2, 0) is 0 Å². The van der Waals surface area contributed by atoms with Gasteiger partial charge < -0.3 is 0 Å². The van der Waals surface area contributed by atoms with Crippen LogP contribution >= 0.6 is 0 Å². The van der Waals surface area contributed by atoms with E-state index in [4.69, 9.17) is 5.84 Å². The Balaban J connectivity index is 2.06. The molecule has 0 amide bonds. The van der Waals surface area contributed by atoms with Crippen LogP contribution in [0.2, 0.25) is 0 Å². The maximum Gasteiger partial charge on any atom is 0.0292 e. The highest BCUT2D eigenvalue weighted by molar-refractivity contribution is 4.95. The van der Waals surface area contributed by atoms with E-state index >= 15 is 0 Å². The predicted molar refractivity (Wildman–Crippen MR) is 78.0 cm³/mol. The van der Waals surface area contributed by atoms with Crippen molar-refractivity contribution in [2.24, 2.45) is 29.0 Å². The minimum atomic E-state index is 0.439. The van der Waals surface area contributed by atoms with E-state index < -0.39 is 0 Å². The molecule has 0 spiro atoms. The monoisotopic (exact) mass is 252 g/mol. The first-order valence-corrected chi connectivity index (χ1v) is 8.01. The van der Waals surface area contributed by atoms with Crippen molar-refractivity contribution in [3.63, 3.8) is 0 Å². The van der Waals surface area contributed by atoms with Gasteiger partial charge in [-0.3, -0.25) is 11.3 Å². The second kappa shape index (κ2) is 5.92. The first-order chi connectivity index (χ1) is 8.55. The summed E-state index contributed by atoms with van der Waals surface area (Å²) in [6.07, 6.45) is 11.1. The number of nitrogens with one attached hydrogen (secondary N) is 1. The lowest BCUT2D eigenvalue weighted by atomic mass is 9.62. The molecule has 3 atom stereocenters. The van der Waals surface area contributed by atoms with E-state index in [9.17, 15) is 0 Å². The molecule has 3 N–H and O–H groups in total. The van der Waals surface area contributed by atoms with Gasteiger partial charge in [-0.05, 0) is 55.3 Å². The van der Waals surface area contributed by atoms with Crippen LogP contribution in [0.4, 0.5) is 0 Å². The summed E-state index contributed by atoms with van der Waals surface area (Å²) in [7, 11) is 0. The van der Waals surface area contributed by atoms with Crippen LogP contribution in [0, 0.1) is 23.2 Å². The van der Waals surface area contributed by atoms with E-state index in [-0.39, 0.29) is 0 Å². The molecule has 2 aliphatic carbocycles. The van der Waals surface area contributed by atoms with Gasteiger partial charge >= 0.3 is 0 Å². The minimum Gasteiger partial charge on any atom is -0.271 e. The first kappa shape index (κ1) is 14.3. The van der Waals surface area contributed by atoms with Crippen LogP contribution in [-0.4, -0.2) is 6.04 Å². The smallest absolute Gasteiger partial charge is 0.0292 e. The normalized spacial score (nSPS) is 38.3. The number of rotatable bonds is 3. The highest BCUT2D eigenvalue weighted by atomic mass is 15.2. The van der Waals surface area contributed by atoms with Crippen molar-refractivity contribution in [3.05, 3.63) is 0 Å². The van der Waals surface area contributed by atoms with Crippen LogP contribution in [0.25, 0.3) is 0 Å². The zero-order valence-corrected chi connectivity index (χ0v) is 12.5. The third kappa shape index (κ3) is 3.08. The molecule has 0 heterocycles. The molecule has 2 nitrogen and oxygen atoms in total. The number of hydrazine groups is 1. The van der Waals surface area contributed by atoms with E-state index in [1.54, 1.807) is 0 Å². The van der Waals surface area contributed by atoms with Crippen molar-refractivity contribution in [1.82, 2.24) is 5.43 Å². The molecule has 2 aliphatic rings. The second-order valence-corrected chi connectivity index (χ2v) is 7.54. The van der Waals surface area contributed by atoms with Gasteiger partial charge in [0.2, 0.25) is 0 Å². The summed E-state index contributed by atoms with van der Waals surface area (Å²) in [5.74, 6) is 8.50. The van der Waals surface area contributed by atoms with Gasteiger partial charge in [0.25, 0.3) is 0 Å². The molecule has 2 rings (SSSR count). The van der Waals surface area contributed by atoms with Crippen molar-refractivity contribution >= 4 is 0 Å². The summed E-state index contributed by atoms with van der Waals surface area (Å²) in [4.78, 5) is 0. The average Bonchev–Trinajstić information content (AvgIpc) is 2.29. The number of hydrogen-bond acceptors (Lipinski definition) is 2. The molecule has 2 heteroatoms. The van der Waals surface area contributed by atoms with Gasteiger partial charge in [-0.15, -0.1) is 0 Å². The Labute approximate surface area is 113 Å². The molecule has 106 valence electrons. The van der Waals surface area contributed by atoms with Crippen molar-refractivity contribution in [3.8, 4) is 0 Å². The van der Waals surface area contributed by atoms with E-state index in [0.29, 0.717) is 11.5 Å². The molecule has 0 bridgehead atoms. The number of nitrogens with two attached hydrogens (primary N) is 1. The summed E-state index contributed by atoms with van der Waals surface area (Å²) in [6.45, 7) is 7.31. The molecule has 2 fully saturated rings. The predicted octanol–water partition coefficient (Wildman–Crippen LogP) is 3.86. The summed E-state index contributed by atoms with van der Waals surface area (Å²) in [5.41, 5.74) is 3.66. The maximum atomic E-state index is 5.96. The molecule has 3 unspecified atom stereocenters. The van der Waals surface area contributed by atoms with E-state index in [2.05, 4.69) is 26.2 Å². The van der Waals surface area contributed by atoms with E-state index in [0.717, 1.165) is 17.8 Å². The molecule has 2 saturated carbocycles. The number of hydrogen-bond donors (Lipinski definition) is 2. The fourth-order valence-corrected chi connectivity index (χ4v) is 4.86. The Hall–Kier alpha value is -0.0800. The second-order valence-electron chi connectivity index (χ2n) is 7.54. The Morgan fingerprint density at radius 2 is 1.56 bits per heavy atom. The Kier molecular flexibility index (Phi) is 4.71. The van der Waals surface area contributed by atoms with Gasteiger partial charge in [0.05, 0.1) is 0 Å². The molecule has 0 aromatic heterocycles. The van der Waals surface area contributed by atoms with Gasteiger partial charge in [0.15, 0.2) is 0 Å². The SMILES string of the molecule is CC1CC(C)CC(C(NN)C2(C)CCCCC2)C1. The summed E-state index contributed by atoms with van der Waals surface area (Å²) in [6, 6.07) is 0.531. The quantitative estimate of drug-likeness (QED) is 0.591. The summed E-state index contributed by atoms with van der Waals surface area (Å²) < 4.78 is 0. The lowest BCUT2D eigenvalue weighted by Gasteiger charge is -2.47. The first-order valence-electron chi connectivity index (χ1n) is 8.01. The lowest BCUT2D eigenvalue weighted by Crippen LogP contribution is -2.53. The molecule has 0 saturated heterocycles. The molecular weight excluding hydrogens is 220 g/mol. The fraction of sp³-hybridized carbons (Fsp3) is 1.00. The molecular formula is C16H32N2. The van der Waals surface area contributed by atoms with Crippen LogP contribution in [0.5, 0.6) is 0 Å². The maximum absolute atomic E-state index is 5.96. The molecule has 0 radical (unpaired) electrons. The van der Waals surface area contributed by atoms with E-state index in [1.807, 2.05) is 0 Å². The highest BCUT2D eigenvalue weighted by Gasteiger charge is 2.41. The van der Waals surface area contributed by atoms with Crippen molar-refractivity contribution in [1.29, 1.82) is 0 Å². The van der Waals surface area contributed by atoms with E-state index in [1.165, 1.54) is 51.4 Å². The Morgan fingerprint density at radius 3 is 2.06 bits per heavy atom. The third-order valence-corrected chi connectivity index (χ3v) is 5.61. The van der Waals surface area contributed by atoms with Crippen LogP contribution in [0.15, 0.2) is 0 Å². The largest absolute Gasteiger partial charge is 0.271 e. The third-order valence-electron chi connectivity index (χ3n) is 5.61. The van der Waals surface area contributed by atoms with Gasteiger partial charge in [-0.2, -0.15) is 0 Å². The van der Waals surface area contributed by atoms with Gasteiger partial charge in [0, 0.05) is 6.04 Å². The Bertz CT molecular complexity index is 248. The average molecular weight is 252 g/mol. The van der Waals surface area contributed by atoms with Crippen LogP contribution in [0.3, 0.4) is 0 Å². The Morgan fingerprint density at radius 1 is 1.00 bits per heavy atom. The summed E-state index contributed by atoms with van der Waals surface area (Å²) in [5, 5.41) is 0. The molecule has 0 aromatic carbocycles. The van der Waals surface area contributed by atoms with Crippen molar-refractivity contribution < 1.29 is 0 Å². The lowest BCUT2D eigenvalue weighted by molar-refractivity contribution is 0.0627. The van der Waals surface area contributed by atoms with Crippen molar-refractivity contribution in [2.75, 3.05) is 0 Å². The van der Waals surface area contributed by atoms with Gasteiger partial charge in [-0.1, -0.05) is 40.0 Å². The zero-order valence-electron chi connectivity index (χ0n) is 12.5. The van der Waals surface area contributed by atoms with Crippen LogP contribution in [0.1, 0.15) is 72.1 Å². The van der Waals surface area contributed by atoms with Gasteiger partial charge in [-0.25, -0.2) is 0 Å². The minimum absolute atomic E-state index is 0.439. The zero-order chi connectivity index (χ0) is 13.2. The molecule has 0 aliphatic heterocycles. The summed E-state index contributed by atoms with van der Waals surface area (Å²) >= 11 is 0. The molecule has 0 aromatic rings. The topological polar surface area (TPSA) is 38.0 Å². The fourth-order valence-electron chi connectivity index (χ4n) is 4.86. The van der Waals surface area contributed by atoms with Crippen molar-refractivity contribution in [2.45, 2.75) is 78.2 Å². The highest BCUT2D eigenvalue weighted by Crippen LogP contribution is 2.45. The standard InChI is InChI=1S/C16H32N2/c1-12-9-13(2)11-14(10-12)15(18-17)16(3)7-5-4-6-8-16/h12-15,18H,4-11,17H2,1-3H3. The van der Waals surface area contributed by atoms with Gasteiger partial charge in [0.1, 0.15) is 0 Å².